The average Bonchev–Trinajstić information content (AvgIpc) is 2.38. The summed E-state index contributed by atoms with van der Waals surface area (Å²) in [6.45, 7) is 4.07. The maximum Gasteiger partial charge on any atom is 0.220 e. The highest BCUT2D eigenvalue weighted by molar-refractivity contribution is 5.85. The molecule has 0 spiro atoms. The van der Waals surface area contributed by atoms with Gasteiger partial charge in [0.1, 0.15) is 0 Å². The minimum atomic E-state index is 0. The zero-order chi connectivity index (χ0) is 12.8. The summed E-state index contributed by atoms with van der Waals surface area (Å²) in [5.41, 5.74) is 2.50. The van der Waals surface area contributed by atoms with Crippen LogP contribution < -0.4 is 10.6 Å². The van der Waals surface area contributed by atoms with Crippen molar-refractivity contribution in [3.05, 3.63) is 35.4 Å². The number of rotatable bonds is 4. The molecule has 1 aliphatic rings. The van der Waals surface area contributed by atoms with Crippen LogP contribution in [-0.4, -0.2) is 25.0 Å². The lowest BCUT2D eigenvalue weighted by molar-refractivity contribution is -0.121. The molecule has 0 aromatic heterocycles. The lowest BCUT2D eigenvalue weighted by atomic mass is 10.1. The standard InChI is InChI=1S/C15H22N2O.ClH/c1-12-4-2-5-13(10-12)7-8-15(18)17-14-6-3-9-16-11-14;/h2,4-5,10,14,16H,3,6-9,11H2,1H3,(H,17,18);1H. The molecule has 19 heavy (non-hydrogen) atoms. The summed E-state index contributed by atoms with van der Waals surface area (Å²) in [4.78, 5) is 11.8. The first kappa shape index (κ1) is 16.0. The highest BCUT2D eigenvalue weighted by atomic mass is 35.5. The van der Waals surface area contributed by atoms with Crippen molar-refractivity contribution in [2.45, 2.75) is 38.6 Å². The van der Waals surface area contributed by atoms with Crippen LogP contribution in [0.1, 0.15) is 30.4 Å². The second kappa shape index (κ2) is 8.18. The Labute approximate surface area is 121 Å². The van der Waals surface area contributed by atoms with E-state index < -0.39 is 0 Å². The highest BCUT2D eigenvalue weighted by Crippen LogP contribution is 2.07. The quantitative estimate of drug-likeness (QED) is 0.889. The van der Waals surface area contributed by atoms with Gasteiger partial charge in [0.05, 0.1) is 0 Å². The molecule has 2 rings (SSSR count). The highest BCUT2D eigenvalue weighted by Gasteiger charge is 2.14. The van der Waals surface area contributed by atoms with Crippen LogP contribution >= 0.6 is 12.4 Å². The van der Waals surface area contributed by atoms with E-state index in [9.17, 15) is 4.79 Å². The molecular weight excluding hydrogens is 260 g/mol. The van der Waals surface area contributed by atoms with Crippen molar-refractivity contribution in [1.29, 1.82) is 0 Å². The number of benzene rings is 1. The summed E-state index contributed by atoms with van der Waals surface area (Å²) in [5, 5.41) is 6.41. The zero-order valence-corrected chi connectivity index (χ0v) is 12.3. The number of piperidine rings is 1. The van der Waals surface area contributed by atoms with Gasteiger partial charge in [-0.1, -0.05) is 29.8 Å². The van der Waals surface area contributed by atoms with Crippen molar-refractivity contribution in [3.8, 4) is 0 Å². The number of amides is 1. The molecule has 0 radical (unpaired) electrons. The van der Waals surface area contributed by atoms with Gasteiger partial charge in [-0.2, -0.15) is 0 Å². The fourth-order valence-electron chi connectivity index (χ4n) is 2.40. The molecule has 3 nitrogen and oxygen atoms in total. The number of carbonyl (C=O) groups is 1. The lowest BCUT2D eigenvalue weighted by Gasteiger charge is -2.23. The molecule has 1 aromatic rings. The van der Waals surface area contributed by atoms with E-state index in [2.05, 4.69) is 35.8 Å². The molecule has 0 bridgehead atoms. The molecule has 1 atom stereocenters. The van der Waals surface area contributed by atoms with Gasteiger partial charge < -0.3 is 10.6 Å². The molecule has 1 amide bonds. The molecule has 1 unspecified atom stereocenters. The van der Waals surface area contributed by atoms with Crippen LogP contribution in [0.4, 0.5) is 0 Å². The first-order valence-electron chi connectivity index (χ1n) is 6.79. The number of aryl methyl sites for hydroxylation is 2. The third-order valence-corrected chi connectivity index (χ3v) is 3.39. The van der Waals surface area contributed by atoms with E-state index in [0.29, 0.717) is 12.5 Å². The minimum absolute atomic E-state index is 0. The third-order valence-electron chi connectivity index (χ3n) is 3.39. The Kier molecular flexibility index (Phi) is 6.89. The van der Waals surface area contributed by atoms with E-state index in [1.54, 1.807) is 0 Å². The second-order valence-electron chi connectivity index (χ2n) is 5.10. The van der Waals surface area contributed by atoms with Crippen molar-refractivity contribution in [2.24, 2.45) is 0 Å². The maximum atomic E-state index is 11.8. The topological polar surface area (TPSA) is 41.1 Å². The van der Waals surface area contributed by atoms with Crippen LogP contribution in [0.3, 0.4) is 0 Å². The molecule has 2 N–H and O–H groups in total. The van der Waals surface area contributed by atoms with Crippen LogP contribution in [0.2, 0.25) is 0 Å². The van der Waals surface area contributed by atoms with E-state index in [1.807, 2.05) is 6.07 Å². The summed E-state index contributed by atoms with van der Waals surface area (Å²) in [6.07, 6.45) is 3.67. The van der Waals surface area contributed by atoms with E-state index >= 15 is 0 Å². The first-order valence-corrected chi connectivity index (χ1v) is 6.79. The van der Waals surface area contributed by atoms with E-state index in [1.165, 1.54) is 11.1 Å². The van der Waals surface area contributed by atoms with Crippen molar-refractivity contribution >= 4 is 18.3 Å². The molecule has 1 heterocycles. The van der Waals surface area contributed by atoms with Gasteiger partial charge >= 0.3 is 0 Å². The summed E-state index contributed by atoms with van der Waals surface area (Å²) >= 11 is 0. The molecule has 106 valence electrons. The predicted octanol–water partition coefficient (Wildman–Crippen LogP) is 2.22. The van der Waals surface area contributed by atoms with Crippen LogP contribution in [0, 0.1) is 6.92 Å². The van der Waals surface area contributed by atoms with E-state index in [-0.39, 0.29) is 18.3 Å². The molecule has 1 saturated heterocycles. The van der Waals surface area contributed by atoms with Crippen molar-refractivity contribution in [1.82, 2.24) is 10.6 Å². The molecule has 0 aliphatic carbocycles. The van der Waals surface area contributed by atoms with Gasteiger partial charge in [-0.05, 0) is 38.3 Å². The SMILES string of the molecule is Cc1cccc(CCC(=O)NC2CCCNC2)c1.Cl. The van der Waals surface area contributed by atoms with Gasteiger partial charge in [0, 0.05) is 19.0 Å². The normalized spacial score (nSPS) is 18.5. The van der Waals surface area contributed by atoms with Gasteiger partial charge in [0.15, 0.2) is 0 Å². The summed E-state index contributed by atoms with van der Waals surface area (Å²) in [6, 6.07) is 8.69. The third kappa shape index (κ3) is 5.62. The lowest BCUT2D eigenvalue weighted by Crippen LogP contribution is -2.45. The van der Waals surface area contributed by atoms with Gasteiger partial charge in [-0.15, -0.1) is 12.4 Å². The predicted molar refractivity (Wildman–Crippen MR) is 80.8 cm³/mol. The Balaban J connectivity index is 0.00000180. The number of nitrogens with one attached hydrogen (secondary N) is 2. The van der Waals surface area contributed by atoms with E-state index in [0.717, 1.165) is 32.4 Å². The van der Waals surface area contributed by atoms with Crippen molar-refractivity contribution < 1.29 is 4.79 Å². The smallest absolute Gasteiger partial charge is 0.220 e. The van der Waals surface area contributed by atoms with E-state index in [4.69, 9.17) is 0 Å². The summed E-state index contributed by atoms with van der Waals surface area (Å²) < 4.78 is 0. The van der Waals surface area contributed by atoms with Gasteiger partial charge in [0.25, 0.3) is 0 Å². The average molecular weight is 283 g/mol. The van der Waals surface area contributed by atoms with Gasteiger partial charge in [0.2, 0.25) is 5.91 Å². The number of carbonyl (C=O) groups excluding carboxylic acids is 1. The Morgan fingerprint density at radius 1 is 1.47 bits per heavy atom. The number of halogens is 1. The molecule has 1 aliphatic heterocycles. The fraction of sp³-hybridized carbons (Fsp3) is 0.533. The second-order valence-corrected chi connectivity index (χ2v) is 5.10. The zero-order valence-electron chi connectivity index (χ0n) is 11.4. The molecule has 1 aromatic carbocycles. The Hall–Kier alpha value is -1.06. The Morgan fingerprint density at radius 3 is 3.00 bits per heavy atom. The molecule has 4 heteroatoms. The monoisotopic (exact) mass is 282 g/mol. The molecular formula is C15H23ClN2O. The fourth-order valence-corrected chi connectivity index (χ4v) is 2.40. The summed E-state index contributed by atoms with van der Waals surface area (Å²) in [7, 11) is 0. The van der Waals surface area contributed by atoms with Crippen LogP contribution in [0.15, 0.2) is 24.3 Å². The number of hydrogen-bond acceptors (Lipinski definition) is 2. The minimum Gasteiger partial charge on any atom is -0.352 e. The Bertz CT molecular complexity index is 403. The van der Waals surface area contributed by atoms with Crippen LogP contribution in [0.25, 0.3) is 0 Å². The van der Waals surface area contributed by atoms with Crippen LogP contribution in [0.5, 0.6) is 0 Å². The Morgan fingerprint density at radius 2 is 2.32 bits per heavy atom. The number of hydrogen-bond donors (Lipinski definition) is 2. The van der Waals surface area contributed by atoms with Crippen LogP contribution in [-0.2, 0) is 11.2 Å². The largest absolute Gasteiger partial charge is 0.352 e. The van der Waals surface area contributed by atoms with Crippen molar-refractivity contribution in [2.75, 3.05) is 13.1 Å². The molecule has 1 fully saturated rings. The summed E-state index contributed by atoms with van der Waals surface area (Å²) in [5.74, 6) is 0.171. The molecule has 0 saturated carbocycles. The van der Waals surface area contributed by atoms with Gasteiger partial charge in [-0.3, -0.25) is 4.79 Å². The maximum absolute atomic E-state index is 11.8. The first-order chi connectivity index (χ1) is 8.74. The van der Waals surface area contributed by atoms with Gasteiger partial charge in [-0.25, -0.2) is 0 Å². The van der Waals surface area contributed by atoms with Crippen molar-refractivity contribution in [3.63, 3.8) is 0 Å².